The molecule has 0 aliphatic heterocycles. The number of carbonyl (C=O) groups is 3. The van der Waals surface area contributed by atoms with Crippen LogP contribution in [0, 0.1) is 0 Å². The molecule has 0 aromatic heterocycles. The molecule has 6 heteroatoms. The SMILES string of the molecule is CC/C=C\C/C=C\C/C=C\C/C=C\C/C=C\CCCCCCCCCC(=O)OC(COC(=O)CCCCCCCCCCCCC)COC(=O)CCCCCCCCCCCCCCCC/C=C\C/C=C\C/C=C\C/C=C\CC. The Morgan fingerprint density at radius 2 is 0.494 bits per heavy atom. The first-order valence-corrected chi connectivity index (χ1v) is 33.4. The van der Waals surface area contributed by atoms with E-state index < -0.39 is 6.10 Å². The van der Waals surface area contributed by atoms with E-state index in [9.17, 15) is 14.4 Å². The zero-order valence-electron chi connectivity index (χ0n) is 51.9. The standard InChI is InChI=1S/C73H124O6/c1-4-7-10-13-16-19-22-24-26-28-30-32-34-35-36-37-39-40-42-44-46-48-51-54-57-60-63-66-72(75)78-69-70(68-77-71(74)65-62-59-56-53-50-21-18-15-12-9-6-3)79-73(76)67-64-61-58-55-52-49-47-45-43-41-38-33-31-29-27-25-23-20-17-14-11-8-5-2/h7-8,10-11,16-17,19-20,24-27,30-33,41,43,70H,4-6,9,12-15,18,21-23,28-29,34-40,42,44-69H2,1-3H3/b10-7-,11-8-,19-16-,20-17-,26-24-,27-25-,32-30-,33-31-,43-41-. The van der Waals surface area contributed by atoms with Gasteiger partial charge in [0.2, 0.25) is 0 Å². The van der Waals surface area contributed by atoms with Crippen LogP contribution in [-0.2, 0) is 28.6 Å². The molecule has 0 aliphatic rings. The van der Waals surface area contributed by atoms with Crippen LogP contribution in [0.4, 0.5) is 0 Å². The lowest BCUT2D eigenvalue weighted by Gasteiger charge is -2.18. The van der Waals surface area contributed by atoms with Gasteiger partial charge in [-0.2, -0.15) is 0 Å². The fraction of sp³-hybridized carbons (Fsp3) is 0.712. The van der Waals surface area contributed by atoms with E-state index >= 15 is 0 Å². The predicted molar refractivity (Wildman–Crippen MR) is 343 cm³/mol. The Kier molecular flexibility index (Phi) is 63.3. The van der Waals surface area contributed by atoms with Crippen LogP contribution in [0.1, 0.15) is 316 Å². The molecular formula is C73H124O6. The predicted octanol–water partition coefficient (Wildman–Crippen LogP) is 23.0. The second kappa shape index (κ2) is 66.6. The summed E-state index contributed by atoms with van der Waals surface area (Å²) in [5.74, 6) is -0.882. The number of ether oxygens (including phenoxy) is 3. The van der Waals surface area contributed by atoms with Gasteiger partial charge in [0.25, 0.3) is 0 Å². The average molecular weight is 1100 g/mol. The topological polar surface area (TPSA) is 78.9 Å². The largest absolute Gasteiger partial charge is 0.462 e. The minimum absolute atomic E-state index is 0.0801. The molecule has 0 aliphatic carbocycles. The Bertz CT molecular complexity index is 1590. The summed E-state index contributed by atoms with van der Waals surface area (Å²) in [5.41, 5.74) is 0. The number of allylic oxidation sites excluding steroid dienone is 18. The van der Waals surface area contributed by atoms with Crippen molar-refractivity contribution in [2.75, 3.05) is 13.2 Å². The molecule has 0 radical (unpaired) electrons. The highest BCUT2D eigenvalue weighted by Crippen LogP contribution is 2.17. The van der Waals surface area contributed by atoms with E-state index in [4.69, 9.17) is 14.2 Å². The summed E-state index contributed by atoms with van der Waals surface area (Å²) in [7, 11) is 0. The maximum atomic E-state index is 12.9. The fourth-order valence-corrected chi connectivity index (χ4v) is 9.35. The molecule has 6 nitrogen and oxygen atoms in total. The van der Waals surface area contributed by atoms with E-state index in [1.807, 2.05) is 0 Å². The second-order valence-corrected chi connectivity index (χ2v) is 22.0. The Balaban J connectivity index is 4.27. The van der Waals surface area contributed by atoms with Gasteiger partial charge in [-0.05, 0) is 103 Å². The Labute approximate surface area is 489 Å². The lowest BCUT2D eigenvalue weighted by molar-refractivity contribution is -0.167. The van der Waals surface area contributed by atoms with E-state index in [2.05, 4.69) is 130 Å². The van der Waals surface area contributed by atoms with E-state index in [0.717, 1.165) is 122 Å². The van der Waals surface area contributed by atoms with Gasteiger partial charge in [0.15, 0.2) is 6.10 Å². The molecule has 0 N–H and O–H groups in total. The summed E-state index contributed by atoms with van der Waals surface area (Å²) in [5, 5.41) is 0. The average Bonchev–Trinajstić information content (AvgIpc) is 3.45. The summed E-state index contributed by atoms with van der Waals surface area (Å²) in [6.45, 7) is 6.43. The van der Waals surface area contributed by atoms with Crippen LogP contribution >= 0.6 is 0 Å². The third kappa shape index (κ3) is 64.8. The molecule has 0 amide bonds. The van der Waals surface area contributed by atoms with Crippen LogP contribution in [0.3, 0.4) is 0 Å². The van der Waals surface area contributed by atoms with Crippen LogP contribution in [0.25, 0.3) is 0 Å². The zero-order chi connectivity index (χ0) is 57.1. The molecule has 79 heavy (non-hydrogen) atoms. The Hall–Kier alpha value is -3.93. The van der Waals surface area contributed by atoms with E-state index in [1.165, 1.54) is 154 Å². The minimum atomic E-state index is -0.784. The van der Waals surface area contributed by atoms with Crippen molar-refractivity contribution in [2.45, 2.75) is 322 Å². The molecule has 0 aromatic carbocycles. The summed E-state index contributed by atoms with van der Waals surface area (Å²) in [4.78, 5) is 38.3. The highest BCUT2D eigenvalue weighted by Gasteiger charge is 2.19. The first-order chi connectivity index (χ1) is 39.0. The van der Waals surface area contributed by atoms with Gasteiger partial charge in [0.1, 0.15) is 13.2 Å². The number of hydrogen-bond acceptors (Lipinski definition) is 6. The number of hydrogen-bond donors (Lipinski definition) is 0. The third-order valence-corrected chi connectivity index (χ3v) is 14.3. The molecule has 452 valence electrons. The van der Waals surface area contributed by atoms with Gasteiger partial charge in [-0.1, -0.05) is 304 Å². The maximum Gasteiger partial charge on any atom is 0.306 e. The smallest absolute Gasteiger partial charge is 0.306 e. The normalized spacial score (nSPS) is 12.8. The third-order valence-electron chi connectivity index (χ3n) is 14.3. The van der Waals surface area contributed by atoms with Crippen molar-refractivity contribution in [1.82, 2.24) is 0 Å². The molecule has 0 spiro atoms. The van der Waals surface area contributed by atoms with Crippen LogP contribution < -0.4 is 0 Å². The van der Waals surface area contributed by atoms with Gasteiger partial charge in [-0.3, -0.25) is 14.4 Å². The molecule has 0 aromatic rings. The summed E-state index contributed by atoms with van der Waals surface area (Å²) >= 11 is 0. The Morgan fingerprint density at radius 3 is 0.772 bits per heavy atom. The lowest BCUT2D eigenvalue weighted by Crippen LogP contribution is -2.30. The van der Waals surface area contributed by atoms with E-state index in [0.29, 0.717) is 19.3 Å². The molecule has 0 saturated carbocycles. The van der Waals surface area contributed by atoms with Crippen LogP contribution in [-0.4, -0.2) is 37.2 Å². The first kappa shape index (κ1) is 75.1. The molecule has 0 bridgehead atoms. The first-order valence-electron chi connectivity index (χ1n) is 33.4. The van der Waals surface area contributed by atoms with Crippen molar-refractivity contribution < 1.29 is 28.6 Å². The quantitative estimate of drug-likeness (QED) is 0.0261. The van der Waals surface area contributed by atoms with Gasteiger partial charge in [0, 0.05) is 19.3 Å². The summed E-state index contributed by atoms with van der Waals surface area (Å²) in [6.07, 6.45) is 91.0. The number of esters is 3. The molecule has 1 atom stereocenters. The van der Waals surface area contributed by atoms with E-state index in [1.54, 1.807) is 0 Å². The summed E-state index contributed by atoms with van der Waals surface area (Å²) in [6, 6.07) is 0. The van der Waals surface area contributed by atoms with Gasteiger partial charge >= 0.3 is 17.9 Å². The van der Waals surface area contributed by atoms with Gasteiger partial charge in [-0.15, -0.1) is 0 Å². The van der Waals surface area contributed by atoms with E-state index in [-0.39, 0.29) is 31.1 Å². The molecule has 0 heterocycles. The molecule has 0 saturated heterocycles. The van der Waals surface area contributed by atoms with Crippen LogP contribution in [0.15, 0.2) is 109 Å². The zero-order valence-corrected chi connectivity index (χ0v) is 51.9. The highest BCUT2D eigenvalue weighted by molar-refractivity contribution is 5.71. The van der Waals surface area contributed by atoms with Crippen molar-refractivity contribution in [1.29, 1.82) is 0 Å². The molecule has 0 fully saturated rings. The van der Waals surface area contributed by atoms with Gasteiger partial charge in [0.05, 0.1) is 0 Å². The van der Waals surface area contributed by atoms with Crippen molar-refractivity contribution in [3.63, 3.8) is 0 Å². The van der Waals surface area contributed by atoms with Gasteiger partial charge < -0.3 is 14.2 Å². The molecular weight excluding hydrogens is 973 g/mol. The second-order valence-electron chi connectivity index (χ2n) is 22.0. The fourth-order valence-electron chi connectivity index (χ4n) is 9.35. The number of rotatable bonds is 60. The number of unbranched alkanes of at least 4 members (excludes halogenated alkanes) is 31. The van der Waals surface area contributed by atoms with Crippen LogP contribution in [0.5, 0.6) is 0 Å². The van der Waals surface area contributed by atoms with Gasteiger partial charge in [-0.25, -0.2) is 0 Å². The summed E-state index contributed by atoms with van der Waals surface area (Å²) < 4.78 is 16.9. The highest BCUT2D eigenvalue weighted by atomic mass is 16.6. The van der Waals surface area contributed by atoms with Crippen molar-refractivity contribution in [3.05, 3.63) is 109 Å². The van der Waals surface area contributed by atoms with Crippen molar-refractivity contribution in [2.24, 2.45) is 0 Å². The van der Waals surface area contributed by atoms with Crippen molar-refractivity contribution >= 4 is 17.9 Å². The molecule has 0 rings (SSSR count). The maximum absolute atomic E-state index is 12.9. The lowest BCUT2D eigenvalue weighted by atomic mass is 10.0. The number of carbonyl (C=O) groups excluding carboxylic acids is 3. The van der Waals surface area contributed by atoms with Crippen LogP contribution in [0.2, 0.25) is 0 Å². The molecule has 1 unspecified atom stereocenters. The van der Waals surface area contributed by atoms with Crippen molar-refractivity contribution in [3.8, 4) is 0 Å². The monoisotopic (exact) mass is 1100 g/mol. The minimum Gasteiger partial charge on any atom is -0.462 e. The Morgan fingerprint density at radius 1 is 0.266 bits per heavy atom.